The lowest BCUT2D eigenvalue weighted by Crippen LogP contribution is -2.47. The fraction of sp³-hybridized carbons (Fsp3) is 0.375. The number of anilines is 1. The van der Waals surface area contributed by atoms with Gasteiger partial charge in [-0.3, -0.25) is 4.90 Å². The Morgan fingerprint density at radius 3 is 2.44 bits per heavy atom. The number of benzene rings is 2. The molecule has 2 saturated heterocycles. The monoisotopic (exact) mass is 604 g/mol. The molecule has 2 aliphatic heterocycles. The lowest BCUT2D eigenvalue weighted by atomic mass is 9.97. The van der Waals surface area contributed by atoms with Crippen molar-refractivity contribution in [1.82, 2.24) is 23.7 Å². The average molecular weight is 605 g/mol. The summed E-state index contributed by atoms with van der Waals surface area (Å²) in [4.78, 5) is 13.5. The summed E-state index contributed by atoms with van der Waals surface area (Å²) in [7, 11) is -3.78. The number of aliphatic hydroxyl groups is 1. The Hall–Kier alpha value is -3.64. The average Bonchev–Trinajstić information content (AvgIpc) is 3.72. The van der Waals surface area contributed by atoms with Crippen molar-refractivity contribution < 1.29 is 17.9 Å². The van der Waals surface area contributed by atoms with E-state index in [1.165, 1.54) is 18.3 Å². The lowest BCUT2D eigenvalue weighted by Gasteiger charge is -2.35. The minimum absolute atomic E-state index is 0.147. The largest absolute Gasteiger partial charge is 0.395 e. The van der Waals surface area contributed by atoms with Gasteiger partial charge in [0.05, 0.1) is 30.9 Å². The first kappa shape index (κ1) is 29.4. The molecule has 1 N–H and O–H groups in total. The number of piperazine rings is 1. The Kier molecular flexibility index (Phi) is 8.85. The molecular formula is C32H37FN6O3S. The third kappa shape index (κ3) is 6.35. The van der Waals surface area contributed by atoms with Crippen LogP contribution in [0.15, 0.2) is 84.3 Å². The van der Waals surface area contributed by atoms with Crippen LogP contribution in [0.2, 0.25) is 0 Å². The smallest absolute Gasteiger partial charge is 0.245 e. The van der Waals surface area contributed by atoms with Crippen molar-refractivity contribution in [1.29, 1.82) is 0 Å². The molecule has 0 aliphatic carbocycles. The van der Waals surface area contributed by atoms with E-state index in [1.54, 1.807) is 34.9 Å². The maximum absolute atomic E-state index is 14.0. The van der Waals surface area contributed by atoms with Crippen LogP contribution in [0.3, 0.4) is 0 Å². The van der Waals surface area contributed by atoms with E-state index in [2.05, 4.69) is 24.3 Å². The Bertz CT molecular complexity index is 1620. The van der Waals surface area contributed by atoms with Gasteiger partial charge in [0.1, 0.15) is 16.5 Å². The number of halogens is 1. The molecule has 0 saturated carbocycles. The molecule has 11 heteroatoms. The van der Waals surface area contributed by atoms with E-state index in [4.69, 9.17) is 0 Å². The normalized spacial score (nSPS) is 18.4. The fourth-order valence-electron chi connectivity index (χ4n) is 6.17. The van der Waals surface area contributed by atoms with Gasteiger partial charge in [0, 0.05) is 57.6 Å². The highest BCUT2D eigenvalue weighted by atomic mass is 32.2. The highest BCUT2D eigenvalue weighted by Crippen LogP contribution is 2.40. The SMILES string of the molecule is O=S(=O)(c1ccc(N2CCN(CCO)CC2)nc1)N1CCCC1c1ccccc1-c1cncn1CCc1ccc(F)cc1. The zero-order chi connectivity index (χ0) is 29.8. The predicted molar refractivity (Wildman–Crippen MR) is 164 cm³/mol. The maximum Gasteiger partial charge on any atom is 0.245 e. The molecule has 9 nitrogen and oxygen atoms in total. The van der Waals surface area contributed by atoms with E-state index in [0.29, 0.717) is 19.6 Å². The Morgan fingerprint density at radius 1 is 0.907 bits per heavy atom. The standard InChI is InChI=1S/C32H37FN6O3S/c33-26-9-7-25(8-10-26)13-15-38-24-34-23-31(38)29-5-2-1-4-28(29)30-6-3-14-39(30)43(41,42)27-11-12-32(35-22-27)37-18-16-36(17-19-37)20-21-40/h1-2,4-5,7-12,22-24,30,40H,3,6,13-21H2. The molecule has 2 aromatic carbocycles. The molecule has 4 aromatic rings. The summed E-state index contributed by atoms with van der Waals surface area (Å²) in [6, 6.07) is 17.7. The van der Waals surface area contributed by atoms with Crippen LogP contribution in [-0.2, 0) is 23.0 Å². The molecule has 2 fully saturated rings. The summed E-state index contributed by atoms with van der Waals surface area (Å²) in [5.74, 6) is 0.511. The van der Waals surface area contributed by atoms with Gasteiger partial charge in [-0.1, -0.05) is 36.4 Å². The highest BCUT2D eigenvalue weighted by Gasteiger charge is 2.37. The molecule has 0 bridgehead atoms. The number of hydrogen-bond donors (Lipinski definition) is 1. The second-order valence-electron chi connectivity index (χ2n) is 11.1. The molecule has 226 valence electrons. The maximum atomic E-state index is 14.0. The summed E-state index contributed by atoms with van der Waals surface area (Å²) in [5.41, 5.74) is 3.87. The van der Waals surface area contributed by atoms with E-state index in [9.17, 15) is 17.9 Å². The van der Waals surface area contributed by atoms with Gasteiger partial charge in [0.2, 0.25) is 10.0 Å². The summed E-state index contributed by atoms with van der Waals surface area (Å²) in [5, 5.41) is 9.19. The molecule has 0 amide bonds. The van der Waals surface area contributed by atoms with Crippen LogP contribution >= 0.6 is 0 Å². The van der Waals surface area contributed by atoms with Crippen LogP contribution in [-0.4, -0.2) is 83.1 Å². The minimum Gasteiger partial charge on any atom is -0.395 e. The molecular weight excluding hydrogens is 567 g/mol. The third-order valence-corrected chi connectivity index (χ3v) is 10.4. The number of aliphatic hydroxyl groups excluding tert-OH is 1. The zero-order valence-corrected chi connectivity index (χ0v) is 24.9. The minimum atomic E-state index is -3.78. The lowest BCUT2D eigenvalue weighted by molar-refractivity contribution is 0.188. The predicted octanol–water partition coefficient (Wildman–Crippen LogP) is 3.97. The van der Waals surface area contributed by atoms with Crippen LogP contribution < -0.4 is 4.90 Å². The number of hydrogen-bond acceptors (Lipinski definition) is 7. The van der Waals surface area contributed by atoms with E-state index < -0.39 is 10.0 Å². The number of β-amino-alcohol motifs (C(OH)–C–C–N with tert-alkyl or cyclic N) is 1. The summed E-state index contributed by atoms with van der Waals surface area (Å²) >= 11 is 0. The Balaban J connectivity index is 1.21. The summed E-state index contributed by atoms with van der Waals surface area (Å²) < 4.78 is 45.0. The molecule has 1 unspecified atom stereocenters. The van der Waals surface area contributed by atoms with Crippen LogP contribution in [0.4, 0.5) is 10.2 Å². The first-order chi connectivity index (χ1) is 20.9. The fourth-order valence-corrected chi connectivity index (χ4v) is 7.79. The quantitative estimate of drug-likeness (QED) is 0.293. The van der Waals surface area contributed by atoms with E-state index in [-0.39, 0.29) is 23.4 Å². The first-order valence-corrected chi connectivity index (χ1v) is 16.3. The Labute approximate surface area is 252 Å². The van der Waals surface area contributed by atoms with E-state index in [0.717, 1.165) is 73.6 Å². The van der Waals surface area contributed by atoms with Gasteiger partial charge >= 0.3 is 0 Å². The van der Waals surface area contributed by atoms with Crippen molar-refractivity contribution >= 4 is 15.8 Å². The first-order valence-electron chi connectivity index (χ1n) is 14.8. The highest BCUT2D eigenvalue weighted by molar-refractivity contribution is 7.89. The van der Waals surface area contributed by atoms with Gasteiger partial charge in [-0.15, -0.1) is 0 Å². The van der Waals surface area contributed by atoms with Crippen LogP contribution in [0.5, 0.6) is 0 Å². The van der Waals surface area contributed by atoms with Gasteiger partial charge < -0.3 is 14.6 Å². The number of aryl methyl sites for hydroxylation is 2. The van der Waals surface area contributed by atoms with Crippen LogP contribution in [0.1, 0.15) is 30.0 Å². The van der Waals surface area contributed by atoms with Crippen molar-refractivity contribution in [3.05, 3.63) is 96.3 Å². The number of imidazole rings is 1. The van der Waals surface area contributed by atoms with Gasteiger partial charge in [-0.25, -0.2) is 22.8 Å². The van der Waals surface area contributed by atoms with Gasteiger partial charge in [0.25, 0.3) is 0 Å². The van der Waals surface area contributed by atoms with Crippen molar-refractivity contribution in [2.45, 2.75) is 36.7 Å². The molecule has 2 aromatic heterocycles. The molecule has 6 rings (SSSR count). The number of rotatable bonds is 10. The van der Waals surface area contributed by atoms with Gasteiger partial charge in [-0.05, 0) is 54.7 Å². The van der Waals surface area contributed by atoms with E-state index >= 15 is 0 Å². The number of sulfonamides is 1. The number of aromatic nitrogens is 3. The summed E-state index contributed by atoms with van der Waals surface area (Å²) in [6.07, 6.45) is 7.31. The second-order valence-corrected chi connectivity index (χ2v) is 13.0. The van der Waals surface area contributed by atoms with Crippen LogP contribution in [0.25, 0.3) is 11.3 Å². The Morgan fingerprint density at radius 2 is 1.70 bits per heavy atom. The molecule has 0 spiro atoms. The second kappa shape index (κ2) is 12.9. The van der Waals surface area contributed by atoms with Crippen molar-refractivity contribution in [3.8, 4) is 11.3 Å². The molecule has 43 heavy (non-hydrogen) atoms. The van der Waals surface area contributed by atoms with Gasteiger partial charge in [-0.2, -0.15) is 4.31 Å². The van der Waals surface area contributed by atoms with Crippen LogP contribution in [0, 0.1) is 5.82 Å². The molecule has 2 aliphatic rings. The zero-order valence-electron chi connectivity index (χ0n) is 24.1. The molecule has 4 heterocycles. The topological polar surface area (TPSA) is 94.8 Å². The number of nitrogens with zero attached hydrogens (tertiary/aromatic N) is 6. The molecule has 1 atom stereocenters. The van der Waals surface area contributed by atoms with E-state index in [1.807, 2.05) is 30.5 Å². The molecule has 0 radical (unpaired) electrons. The van der Waals surface area contributed by atoms with Crippen molar-refractivity contribution in [2.75, 3.05) is 50.8 Å². The summed E-state index contributed by atoms with van der Waals surface area (Å²) in [6.45, 7) is 5.15. The number of pyridine rings is 1. The van der Waals surface area contributed by atoms with Gasteiger partial charge in [0.15, 0.2) is 0 Å². The van der Waals surface area contributed by atoms with Crippen molar-refractivity contribution in [2.24, 2.45) is 0 Å². The third-order valence-electron chi connectivity index (χ3n) is 8.51. The van der Waals surface area contributed by atoms with Crippen molar-refractivity contribution in [3.63, 3.8) is 0 Å².